The molecule has 90 valence electrons. The van der Waals surface area contributed by atoms with Gasteiger partial charge in [0, 0.05) is 16.3 Å². The van der Waals surface area contributed by atoms with Crippen LogP contribution in [0.15, 0.2) is 33.2 Å². The van der Waals surface area contributed by atoms with E-state index in [1.54, 1.807) is 13.8 Å². The number of hydrogen-bond acceptors (Lipinski definition) is 2. The van der Waals surface area contributed by atoms with E-state index in [2.05, 4.69) is 15.9 Å². The van der Waals surface area contributed by atoms with Crippen LogP contribution in [0, 0.1) is 5.41 Å². The second-order valence-corrected chi connectivity index (χ2v) is 5.58. The van der Waals surface area contributed by atoms with E-state index in [1.807, 2.05) is 24.3 Å². The quantitative estimate of drug-likeness (QED) is 0.936. The molecule has 17 heavy (non-hydrogen) atoms. The second-order valence-electron chi connectivity index (χ2n) is 4.73. The van der Waals surface area contributed by atoms with E-state index in [0.29, 0.717) is 12.2 Å². The highest BCUT2D eigenvalue weighted by Gasteiger charge is 2.29. The van der Waals surface area contributed by atoms with Crippen molar-refractivity contribution >= 4 is 32.9 Å². The minimum Gasteiger partial charge on any atom is -0.481 e. The molecule has 4 heteroatoms. The number of carbonyl (C=O) groups is 1. The summed E-state index contributed by atoms with van der Waals surface area (Å²) < 4.78 is 6.60. The fraction of sp³-hybridized carbons (Fsp3) is 0.308. The highest BCUT2D eigenvalue weighted by Crippen LogP contribution is 2.30. The maximum atomic E-state index is 11.1. The first-order chi connectivity index (χ1) is 7.90. The number of hydrogen-bond donors (Lipinski definition) is 1. The molecule has 2 rings (SSSR count). The third-order valence-corrected chi connectivity index (χ3v) is 3.45. The number of aliphatic carboxylic acids is 1. The molecule has 0 aliphatic heterocycles. The Morgan fingerprint density at radius 3 is 2.76 bits per heavy atom. The van der Waals surface area contributed by atoms with Crippen molar-refractivity contribution in [1.29, 1.82) is 0 Å². The van der Waals surface area contributed by atoms with Crippen LogP contribution in [0.5, 0.6) is 0 Å². The molecule has 0 radical (unpaired) electrons. The van der Waals surface area contributed by atoms with Crippen molar-refractivity contribution in [3.05, 3.63) is 34.5 Å². The standard InChI is InChI=1S/C13H13BrO3/c1-13(2,12(15)16)7-8-6-9-10(14)4-3-5-11(9)17-8/h3-6H,7H2,1-2H3,(H,15,16). The summed E-state index contributed by atoms with van der Waals surface area (Å²) in [5, 5.41) is 10.1. The Labute approximate surface area is 108 Å². The molecule has 0 aliphatic carbocycles. The molecule has 3 nitrogen and oxygen atoms in total. The Bertz CT molecular complexity index is 569. The van der Waals surface area contributed by atoms with E-state index >= 15 is 0 Å². The summed E-state index contributed by atoms with van der Waals surface area (Å²) in [6, 6.07) is 7.59. The zero-order valence-corrected chi connectivity index (χ0v) is 11.2. The molecule has 0 amide bonds. The number of carboxylic acid groups (broad SMARTS) is 1. The molecule has 1 aromatic carbocycles. The Kier molecular flexibility index (Phi) is 3.00. The highest BCUT2D eigenvalue weighted by atomic mass is 79.9. The minimum absolute atomic E-state index is 0.378. The zero-order chi connectivity index (χ0) is 12.6. The zero-order valence-electron chi connectivity index (χ0n) is 9.66. The van der Waals surface area contributed by atoms with Gasteiger partial charge in [-0.2, -0.15) is 0 Å². The predicted molar refractivity (Wildman–Crippen MR) is 69.0 cm³/mol. The Hall–Kier alpha value is -1.29. The van der Waals surface area contributed by atoms with E-state index in [-0.39, 0.29) is 0 Å². The Morgan fingerprint density at radius 2 is 2.18 bits per heavy atom. The monoisotopic (exact) mass is 296 g/mol. The lowest BCUT2D eigenvalue weighted by molar-refractivity contribution is -0.147. The normalized spacial score (nSPS) is 11.9. The first-order valence-electron chi connectivity index (χ1n) is 5.30. The first kappa shape index (κ1) is 12.2. The van der Waals surface area contributed by atoms with Gasteiger partial charge in [-0.05, 0) is 32.0 Å². The van der Waals surface area contributed by atoms with Crippen molar-refractivity contribution in [2.45, 2.75) is 20.3 Å². The number of rotatable bonds is 3. The minimum atomic E-state index is -0.822. The average molecular weight is 297 g/mol. The second kappa shape index (κ2) is 4.18. The molecule has 0 unspecified atom stereocenters. The molecule has 2 aromatic rings. The van der Waals surface area contributed by atoms with Crippen LogP contribution in [0.25, 0.3) is 11.0 Å². The SMILES string of the molecule is CC(C)(Cc1cc2c(Br)cccc2o1)C(=O)O. The molecule has 1 heterocycles. The number of fused-ring (bicyclic) bond motifs is 1. The maximum Gasteiger partial charge on any atom is 0.309 e. The van der Waals surface area contributed by atoms with E-state index in [9.17, 15) is 4.79 Å². The van der Waals surface area contributed by atoms with Crippen molar-refractivity contribution in [3.63, 3.8) is 0 Å². The van der Waals surface area contributed by atoms with Crippen LogP contribution in [0.4, 0.5) is 0 Å². The summed E-state index contributed by atoms with van der Waals surface area (Å²) in [7, 11) is 0. The molecule has 1 N–H and O–H groups in total. The number of halogens is 1. The van der Waals surface area contributed by atoms with Gasteiger partial charge in [0.2, 0.25) is 0 Å². The van der Waals surface area contributed by atoms with E-state index in [4.69, 9.17) is 9.52 Å². The highest BCUT2D eigenvalue weighted by molar-refractivity contribution is 9.10. The van der Waals surface area contributed by atoms with Crippen molar-refractivity contribution in [2.24, 2.45) is 5.41 Å². The van der Waals surface area contributed by atoms with Crippen molar-refractivity contribution in [3.8, 4) is 0 Å². The predicted octanol–water partition coefficient (Wildman–Crippen LogP) is 3.85. The summed E-state index contributed by atoms with van der Waals surface area (Å²) in [6.07, 6.45) is 0.378. The summed E-state index contributed by atoms with van der Waals surface area (Å²) >= 11 is 3.44. The molecular weight excluding hydrogens is 284 g/mol. The molecule has 0 saturated heterocycles. The summed E-state index contributed by atoms with van der Waals surface area (Å²) in [6.45, 7) is 3.38. The molecular formula is C13H13BrO3. The molecule has 0 atom stereocenters. The lowest BCUT2D eigenvalue weighted by Crippen LogP contribution is -2.25. The molecule has 0 fully saturated rings. The molecule has 0 aliphatic rings. The first-order valence-corrected chi connectivity index (χ1v) is 6.10. The van der Waals surface area contributed by atoms with Gasteiger partial charge in [-0.3, -0.25) is 4.79 Å². The van der Waals surface area contributed by atoms with Gasteiger partial charge in [0.25, 0.3) is 0 Å². The molecule has 0 saturated carbocycles. The van der Waals surface area contributed by atoms with Gasteiger partial charge >= 0.3 is 5.97 Å². The van der Waals surface area contributed by atoms with Gasteiger partial charge in [0.05, 0.1) is 5.41 Å². The van der Waals surface area contributed by atoms with E-state index < -0.39 is 11.4 Å². The molecule has 0 spiro atoms. The van der Waals surface area contributed by atoms with Crippen LogP contribution in [-0.2, 0) is 11.2 Å². The van der Waals surface area contributed by atoms with Gasteiger partial charge in [-0.25, -0.2) is 0 Å². The van der Waals surface area contributed by atoms with E-state index in [1.165, 1.54) is 0 Å². The molecule has 0 bridgehead atoms. The number of furan rings is 1. The fourth-order valence-corrected chi connectivity index (χ4v) is 2.14. The lowest BCUT2D eigenvalue weighted by Gasteiger charge is -2.16. The summed E-state index contributed by atoms with van der Waals surface area (Å²) in [5.41, 5.74) is -0.0454. The van der Waals surface area contributed by atoms with Crippen LogP contribution in [-0.4, -0.2) is 11.1 Å². The Morgan fingerprint density at radius 1 is 1.47 bits per heavy atom. The summed E-state index contributed by atoms with van der Waals surface area (Å²) in [4.78, 5) is 11.1. The van der Waals surface area contributed by atoms with Crippen LogP contribution < -0.4 is 0 Å². The van der Waals surface area contributed by atoms with Gasteiger partial charge < -0.3 is 9.52 Å². The maximum absolute atomic E-state index is 11.1. The van der Waals surface area contributed by atoms with Gasteiger partial charge in [0.15, 0.2) is 0 Å². The average Bonchev–Trinajstić information content (AvgIpc) is 2.60. The lowest BCUT2D eigenvalue weighted by atomic mass is 9.88. The number of carboxylic acids is 1. The van der Waals surface area contributed by atoms with Crippen LogP contribution in [0.1, 0.15) is 19.6 Å². The van der Waals surface area contributed by atoms with Gasteiger partial charge in [0.1, 0.15) is 11.3 Å². The number of benzene rings is 1. The van der Waals surface area contributed by atoms with Crippen molar-refractivity contribution in [1.82, 2.24) is 0 Å². The van der Waals surface area contributed by atoms with Crippen LogP contribution >= 0.6 is 15.9 Å². The Balaban J connectivity index is 2.38. The van der Waals surface area contributed by atoms with Gasteiger partial charge in [-0.1, -0.05) is 22.0 Å². The van der Waals surface area contributed by atoms with Crippen LogP contribution in [0.3, 0.4) is 0 Å². The topological polar surface area (TPSA) is 50.4 Å². The fourth-order valence-electron chi connectivity index (χ4n) is 1.68. The third-order valence-electron chi connectivity index (χ3n) is 2.75. The third kappa shape index (κ3) is 2.36. The largest absolute Gasteiger partial charge is 0.481 e. The van der Waals surface area contributed by atoms with Gasteiger partial charge in [-0.15, -0.1) is 0 Å². The van der Waals surface area contributed by atoms with Crippen LogP contribution in [0.2, 0.25) is 0 Å². The summed E-state index contributed by atoms with van der Waals surface area (Å²) in [5.74, 6) is -0.128. The van der Waals surface area contributed by atoms with E-state index in [0.717, 1.165) is 15.4 Å². The van der Waals surface area contributed by atoms with Crippen molar-refractivity contribution in [2.75, 3.05) is 0 Å². The molecule has 1 aromatic heterocycles. The smallest absolute Gasteiger partial charge is 0.309 e. The van der Waals surface area contributed by atoms with Crippen molar-refractivity contribution < 1.29 is 14.3 Å².